The van der Waals surface area contributed by atoms with Gasteiger partial charge in [-0.25, -0.2) is 0 Å². The Balaban J connectivity index is 2.59. The third-order valence-corrected chi connectivity index (χ3v) is 1.49. The summed E-state index contributed by atoms with van der Waals surface area (Å²) in [5, 5.41) is 5.52. The molecule has 0 N–H and O–H groups in total. The highest BCUT2D eigenvalue weighted by Gasteiger charge is 2.29. The van der Waals surface area contributed by atoms with E-state index in [9.17, 15) is 4.79 Å². The van der Waals surface area contributed by atoms with Crippen molar-refractivity contribution in [3.8, 4) is 0 Å². The molecule has 1 rings (SSSR count). The number of amides is 1. The predicted molar refractivity (Wildman–Crippen MR) is 43.4 cm³/mol. The van der Waals surface area contributed by atoms with Crippen molar-refractivity contribution < 1.29 is 9.58 Å². The Labute approximate surface area is 71.4 Å². The minimum Gasteiger partial charge on any atom is -0.304 e. The Kier molecular flexibility index (Phi) is 2.45. The predicted octanol–water partition coefficient (Wildman–Crippen LogP) is -0.226. The summed E-state index contributed by atoms with van der Waals surface area (Å²) in [5.41, 5.74) is 0.886. The van der Waals surface area contributed by atoms with Crippen molar-refractivity contribution in [2.75, 3.05) is 20.3 Å². The summed E-state index contributed by atoms with van der Waals surface area (Å²) in [5.74, 6) is 0.0858. The number of rotatable bonds is 1. The van der Waals surface area contributed by atoms with Crippen molar-refractivity contribution >= 4 is 11.6 Å². The lowest BCUT2D eigenvalue weighted by Crippen LogP contribution is -2.20. The molecule has 1 saturated heterocycles. The van der Waals surface area contributed by atoms with Crippen LogP contribution in [-0.2, 0) is 4.79 Å². The monoisotopic (exact) mass is 169 g/mol. The number of carbonyl (C=O) groups excluding carboxylic acids is 1. The van der Waals surface area contributed by atoms with E-state index in [2.05, 4.69) is 10.0 Å². The number of carbonyl (C=O) groups is 1. The minimum atomic E-state index is 0.0858. The minimum absolute atomic E-state index is 0.0858. The molecule has 1 fully saturated rings. The SMILES string of the molecule is CC(C)=[N+]=NN1CC(=O)N(C)C1. The molecule has 0 aromatic heterocycles. The van der Waals surface area contributed by atoms with Gasteiger partial charge in [-0.15, -0.1) is 5.01 Å². The van der Waals surface area contributed by atoms with Crippen LogP contribution in [0.15, 0.2) is 5.22 Å². The molecule has 0 atom stereocenters. The topological polar surface area (TPSA) is 50.0 Å². The molecule has 1 aliphatic rings. The van der Waals surface area contributed by atoms with Gasteiger partial charge in [0, 0.05) is 20.9 Å². The van der Waals surface area contributed by atoms with Crippen LogP contribution in [0.1, 0.15) is 13.8 Å². The van der Waals surface area contributed by atoms with E-state index in [1.807, 2.05) is 13.8 Å². The Bertz CT molecular complexity index is 250. The second kappa shape index (κ2) is 3.36. The smallest absolute Gasteiger partial charge is 0.269 e. The highest BCUT2D eigenvalue weighted by molar-refractivity contribution is 5.79. The second-order valence-corrected chi connectivity index (χ2v) is 3.03. The third-order valence-electron chi connectivity index (χ3n) is 1.49. The van der Waals surface area contributed by atoms with Gasteiger partial charge in [0.2, 0.25) is 5.71 Å². The molecule has 0 spiro atoms. The average Bonchev–Trinajstić information content (AvgIpc) is 2.28. The van der Waals surface area contributed by atoms with Crippen molar-refractivity contribution in [2.45, 2.75) is 13.8 Å². The summed E-state index contributed by atoms with van der Waals surface area (Å²) < 4.78 is 0. The number of hydrogen-bond acceptors (Lipinski definition) is 2. The summed E-state index contributed by atoms with van der Waals surface area (Å²) in [7, 11) is 1.75. The molecule has 12 heavy (non-hydrogen) atoms. The lowest BCUT2D eigenvalue weighted by Gasteiger charge is -2.00. The molecule has 1 heterocycles. The van der Waals surface area contributed by atoms with E-state index >= 15 is 0 Å². The molecule has 0 unspecified atom stereocenters. The van der Waals surface area contributed by atoms with Crippen LogP contribution in [0.4, 0.5) is 0 Å². The molecule has 0 aromatic carbocycles. The zero-order valence-corrected chi connectivity index (χ0v) is 7.61. The fourth-order valence-electron chi connectivity index (χ4n) is 0.863. The first-order chi connectivity index (χ1) is 5.59. The first kappa shape index (κ1) is 8.74. The fourth-order valence-corrected chi connectivity index (χ4v) is 0.863. The van der Waals surface area contributed by atoms with Crippen LogP contribution in [0.25, 0.3) is 0 Å². The summed E-state index contributed by atoms with van der Waals surface area (Å²) >= 11 is 0. The van der Waals surface area contributed by atoms with Crippen LogP contribution >= 0.6 is 0 Å². The van der Waals surface area contributed by atoms with Gasteiger partial charge in [0.05, 0.1) is 0 Å². The fraction of sp³-hybridized carbons (Fsp3) is 0.714. The number of nitrogens with zero attached hydrogens (tertiary/aromatic N) is 4. The van der Waals surface area contributed by atoms with E-state index in [-0.39, 0.29) is 5.91 Å². The Morgan fingerprint density at radius 2 is 2.25 bits per heavy atom. The van der Waals surface area contributed by atoms with Crippen LogP contribution in [-0.4, -0.2) is 46.6 Å². The van der Waals surface area contributed by atoms with Gasteiger partial charge in [0.1, 0.15) is 0 Å². The summed E-state index contributed by atoms with van der Waals surface area (Å²) in [6.07, 6.45) is 0. The number of hydrogen-bond donors (Lipinski definition) is 0. The molecular weight excluding hydrogens is 156 g/mol. The van der Waals surface area contributed by atoms with Gasteiger partial charge in [0.15, 0.2) is 18.4 Å². The lowest BCUT2D eigenvalue weighted by molar-refractivity contribution is -0.142. The highest BCUT2D eigenvalue weighted by atomic mass is 16.2. The van der Waals surface area contributed by atoms with Gasteiger partial charge in [0.25, 0.3) is 5.91 Å². The summed E-state index contributed by atoms with van der Waals surface area (Å²) in [6.45, 7) is 4.61. The summed E-state index contributed by atoms with van der Waals surface area (Å²) in [6, 6.07) is 0. The molecule has 5 heteroatoms. The molecule has 0 aromatic rings. The van der Waals surface area contributed by atoms with E-state index < -0.39 is 0 Å². The van der Waals surface area contributed by atoms with Crippen LogP contribution < -0.4 is 0 Å². The third kappa shape index (κ3) is 2.07. The van der Waals surface area contributed by atoms with Gasteiger partial charge in [-0.1, -0.05) is 4.79 Å². The standard InChI is InChI=1S/C7H13N4O/c1-6(2)8-9-11-4-7(12)10(3)5-11/h4-5H2,1-3H3/q+1. The van der Waals surface area contributed by atoms with Crippen molar-refractivity contribution in [1.29, 1.82) is 0 Å². The van der Waals surface area contributed by atoms with E-state index in [0.29, 0.717) is 13.2 Å². The Morgan fingerprint density at radius 1 is 1.58 bits per heavy atom. The van der Waals surface area contributed by atoms with E-state index in [1.54, 1.807) is 17.0 Å². The maximum absolute atomic E-state index is 11.0. The van der Waals surface area contributed by atoms with Crippen LogP contribution in [0.2, 0.25) is 0 Å². The molecule has 66 valence electrons. The molecule has 0 radical (unpaired) electrons. The van der Waals surface area contributed by atoms with Crippen molar-refractivity contribution in [2.24, 2.45) is 5.22 Å². The van der Waals surface area contributed by atoms with E-state index in [0.717, 1.165) is 5.71 Å². The van der Waals surface area contributed by atoms with Gasteiger partial charge >= 0.3 is 0 Å². The Hall–Kier alpha value is -1.35. The molecular formula is C7H13N4O+. The first-order valence-corrected chi connectivity index (χ1v) is 3.80. The molecule has 0 aliphatic carbocycles. The quantitative estimate of drug-likeness (QED) is 0.309. The molecule has 1 amide bonds. The normalized spacial score (nSPS) is 16.4. The average molecular weight is 169 g/mol. The second-order valence-electron chi connectivity index (χ2n) is 3.03. The van der Waals surface area contributed by atoms with Crippen molar-refractivity contribution in [3.05, 3.63) is 0 Å². The zero-order valence-electron chi connectivity index (χ0n) is 7.61. The molecule has 1 aliphatic heterocycles. The maximum Gasteiger partial charge on any atom is 0.269 e. The van der Waals surface area contributed by atoms with Gasteiger partial charge in [-0.05, 0) is 0 Å². The molecule has 5 nitrogen and oxygen atoms in total. The van der Waals surface area contributed by atoms with Crippen LogP contribution in [0.5, 0.6) is 0 Å². The lowest BCUT2D eigenvalue weighted by atomic mass is 10.5. The zero-order chi connectivity index (χ0) is 9.14. The molecule has 0 saturated carbocycles. The van der Waals surface area contributed by atoms with Gasteiger partial charge in [-0.3, -0.25) is 4.79 Å². The van der Waals surface area contributed by atoms with Crippen LogP contribution in [0.3, 0.4) is 0 Å². The maximum atomic E-state index is 11.0. The largest absolute Gasteiger partial charge is 0.304 e. The highest BCUT2D eigenvalue weighted by Crippen LogP contribution is 2.02. The number of likely N-dealkylation sites (N-methyl/N-ethyl adjacent to an activating group) is 1. The van der Waals surface area contributed by atoms with Crippen molar-refractivity contribution in [3.63, 3.8) is 0 Å². The van der Waals surface area contributed by atoms with Crippen molar-refractivity contribution in [1.82, 2.24) is 9.91 Å². The van der Waals surface area contributed by atoms with Crippen LogP contribution in [0, 0.1) is 0 Å². The van der Waals surface area contributed by atoms with Gasteiger partial charge < -0.3 is 4.90 Å². The summed E-state index contributed by atoms with van der Waals surface area (Å²) in [4.78, 5) is 16.5. The molecule has 0 bridgehead atoms. The van der Waals surface area contributed by atoms with E-state index in [4.69, 9.17) is 0 Å². The van der Waals surface area contributed by atoms with Gasteiger partial charge in [-0.2, -0.15) is 0 Å². The Morgan fingerprint density at radius 3 is 2.67 bits per heavy atom. The first-order valence-electron chi connectivity index (χ1n) is 3.80. The van der Waals surface area contributed by atoms with E-state index in [1.165, 1.54) is 0 Å².